The Kier molecular flexibility index (Phi) is 12.2. The molecule has 0 saturated heterocycles. The zero-order valence-corrected chi connectivity index (χ0v) is 21.8. The molecule has 31 heavy (non-hydrogen) atoms. The van der Waals surface area contributed by atoms with Gasteiger partial charge in [-0.05, 0) is 83.3 Å². The van der Waals surface area contributed by atoms with Gasteiger partial charge >= 0.3 is 0 Å². The van der Waals surface area contributed by atoms with Crippen molar-refractivity contribution < 1.29 is 0 Å². The van der Waals surface area contributed by atoms with E-state index in [1.54, 1.807) is 11.1 Å². The molecule has 1 atom stereocenters. The van der Waals surface area contributed by atoms with Crippen molar-refractivity contribution in [1.29, 1.82) is 0 Å². The van der Waals surface area contributed by atoms with Gasteiger partial charge in [-0.25, -0.2) is 0 Å². The van der Waals surface area contributed by atoms with E-state index in [9.17, 15) is 0 Å². The summed E-state index contributed by atoms with van der Waals surface area (Å²) in [6, 6.07) is 7.21. The van der Waals surface area contributed by atoms with E-state index in [1.807, 2.05) is 26.8 Å². The standard InChI is InChI=1S/C20H32.C11H18/c1-4-8-17(5-2)12-14-19-13-11-16(3)15-20(19)18-9-6-7-10-18;1-7-8-11(6,9(2)3)10(4)5/h11,13,15,17-18H,4-10,12,14H2,1-3H3;7-8H,2,4H2,1,3,5-6H3/b;8-7+. The van der Waals surface area contributed by atoms with E-state index in [0.717, 1.165) is 23.0 Å². The van der Waals surface area contributed by atoms with E-state index >= 15 is 0 Å². The summed E-state index contributed by atoms with van der Waals surface area (Å²) in [5, 5.41) is 0. The summed E-state index contributed by atoms with van der Waals surface area (Å²) >= 11 is 0. The molecule has 1 aromatic rings. The van der Waals surface area contributed by atoms with E-state index in [-0.39, 0.29) is 5.41 Å². The van der Waals surface area contributed by atoms with Crippen molar-refractivity contribution in [2.45, 2.75) is 112 Å². The average Bonchev–Trinajstić information content (AvgIpc) is 3.26. The van der Waals surface area contributed by atoms with Gasteiger partial charge in [-0.2, -0.15) is 0 Å². The maximum absolute atomic E-state index is 3.96. The van der Waals surface area contributed by atoms with Crippen LogP contribution < -0.4 is 0 Å². The lowest BCUT2D eigenvalue weighted by Crippen LogP contribution is -2.14. The monoisotopic (exact) mass is 422 g/mol. The zero-order valence-electron chi connectivity index (χ0n) is 21.8. The second-order valence-corrected chi connectivity index (χ2v) is 10.0. The van der Waals surface area contributed by atoms with Gasteiger partial charge in [0.15, 0.2) is 0 Å². The summed E-state index contributed by atoms with van der Waals surface area (Å²) in [7, 11) is 0. The highest BCUT2D eigenvalue weighted by molar-refractivity contribution is 5.35. The fraction of sp³-hybridized carbons (Fsp3) is 0.613. The molecule has 0 heterocycles. The molecule has 0 spiro atoms. The van der Waals surface area contributed by atoms with E-state index in [4.69, 9.17) is 0 Å². The molecule has 0 aliphatic heterocycles. The minimum absolute atomic E-state index is 0.0191. The second kappa shape index (κ2) is 13.8. The van der Waals surface area contributed by atoms with Crippen molar-refractivity contribution >= 4 is 0 Å². The van der Waals surface area contributed by atoms with Crippen LogP contribution in [0.2, 0.25) is 0 Å². The van der Waals surface area contributed by atoms with Crippen molar-refractivity contribution in [3.63, 3.8) is 0 Å². The van der Waals surface area contributed by atoms with Crippen molar-refractivity contribution in [2.75, 3.05) is 0 Å². The molecule has 1 aromatic carbocycles. The fourth-order valence-electron chi connectivity index (χ4n) is 4.86. The lowest BCUT2D eigenvalue weighted by Gasteiger charge is -2.27. The molecule has 1 saturated carbocycles. The molecule has 0 N–H and O–H groups in total. The quantitative estimate of drug-likeness (QED) is 0.329. The van der Waals surface area contributed by atoms with Crippen LogP contribution in [0, 0.1) is 18.3 Å². The Morgan fingerprint density at radius 2 is 1.71 bits per heavy atom. The molecule has 0 radical (unpaired) electrons. The van der Waals surface area contributed by atoms with Gasteiger partial charge in [0, 0.05) is 5.41 Å². The fourth-order valence-corrected chi connectivity index (χ4v) is 4.86. The maximum Gasteiger partial charge on any atom is 0.0261 e. The molecule has 1 fully saturated rings. The van der Waals surface area contributed by atoms with Gasteiger partial charge in [0.05, 0.1) is 0 Å². The first-order valence-electron chi connectivity index (χ1n) is 12.7. The van der Waals surface area contributed by atoms with Crippen LogP contribution in [0.1, 0.15) is 116 Å². The number of hydrogen-bond acceptors (Lipinski definition) is 0. The summed E-state index contributed by atoms with van der Waals surface area (Å²) in [5.41, 5.74) is 7.04. The van der Waals surface area contributed by atoms with Crippen LogP contribution >= 0.6 is 0 Å². The van der Waals surface area contributed by atoms with Crippen LogP contribution in [0.5, 0.6) is 0 Å². The van der Waals surface area contributed by atoms with Gasteiger partial charge in [-0.3, -0.25) is 0 Å². The first-order chi connectivity index (χ1) is 14.7. The predicted octanol–water partition coefficient (Wildman–Crippen LogP) is 10.1. The van der Waals surface area contributed by atoms with Crippen molar-refractivity contribution in [3.8, 4) is 0 Å². The van der Waals surface area contributed by atoms with Gasteiger partial charge in [0.25, 0.3) is 0 Å². The highest BCUT2D eigenvalue weighted by Crippen LogP contribution is 2.37. The smallest absolute Gasteiger partial charge is 0.0261 e. The van der Waals surface area contributed by atoms with Gasteiger partial charge in [0.2, 0.25) is 0 Å². The first-order valence-corrected chi connectivity index (χ1v) is 12.7. The summed E-state index contributed by atoms with van der Waals surface area (Å²) in [4.78, 5) is 0. The molecule has 1 aliphatic carbocycles. The van der Waals surface area contributed by atoms with Crippen LogP contribution in [0.25, 0.3) is 0 Å². The predicted molar refractivity (Wildman–Crippen MR) is 142 cm³/mol. The van der Waals surface area contributed by atoms with Crippen LogP contribution in [0.4, 0.5) is 0 Å². The van der Waals surface area contributed by atoms with E-state index in [0.29, 0.717) is 0 Å². The van der Waals surface area contributed by atoms with Crippen molar-refractivity contribution in [3.05, 3.63) is 71.3 Å². The van der Waals surface area contributed by atoms with E-state index < -0.39 is 0 Å². The lowest BCUT2D eigenvalue weighted by molar-refractivity contribution is 0.431. The Bertz CT molecular complexity index is 698. The van der Waals surface area contributed by atoms with Gasteiger partial charge in [-0.1, -0.05) is 106 Å². The molecule has 2 rings (SSSR count). The van der Waals surface area contributed by atoms with Crippen LogP contribution in [0.3, 0.4) is 0 Å². The zero-order chi connectivity index (χ0) is 23.4. The Balaban J connectivity index is 0.000000373. The van der Waals surface area contributed by atoms with Crippen molar-refractivity contribution in [1.82, 2.24) is 0 Å². The Morgan fingerprint density at radius 1 is 1.10 bits per heavy atom. The molecular weight excluding hydrogens is 372 g/mol. The molecule has 0 bridgehead atoms. The van der Waals surface area contributed by atoms with Gasteiger partial charge in [0.1, 0.15) is 0 Å². The lowest BCUT2D eigenvalue weighted by atomic mass is 9.78. The SMILES string of the molecule is C=C(C)C(C)(/C=C/C)C(=C)C.CCCC(CC)CCc1ccc(C)cc1C1CCCC1. The highest BCUT2D eigenvalue weighted by atomic mass is 14.3. The van der Waals surface area contributed by atoms with Crippen LogP contribution in [-0.4, -0.2) is 0 Å². The first kappa shape index (κ1) is 27.5. The Hall–Kier alpha value is -1.56. The molecule has 1 aliphatic rings. The topological polar surface area (TPSA) is 0 Å². The number of allylic oxidation sites excluding steroid dienone is 4. The normalized spacial score (nSPS) is 15.6. The third-order valence-corrected chi connectivity index (χ3v) is 7.47. The minimum Gasteiger partial charge on any atom is -0.0990 e. The van der Waals surface area contributed by atoms with E-state index in [2.05, 4.69) is 65.1 Å². The van der Waals surface area contributed by atoms with Crippen molar-refractivity contribution in [2.24, 2.45) is 11.3 Å². The molecule has 174 valence electrons. The summed E-state index contributed by atoms with van der Waals surface area (Å²) in [6.45, 7) is 23.1. The summed E-state index contributed by atoms with van der Waals surface area (Å²) < 4.78 is 0. The molecule has 0 aromatic heterocycles. The van der Waals surface area contributed by atoms with Crippen LogP contribution in [-0.2, 0) is 6.42 Å². The Labute approximate surface area is 194 Å². The summed E-state index contributed by atoms with van der Waals surface area (Å²) in [5.74, 6) is 1.79. The van der Waals surface area contributed by atoms with Gasteiger partial charge < -0.3 is 0 Å². The number of aryl methyl sites for hydroxylation is 2. The average molecular weight is 423 g/mol. The summed E-state index contributed by atoms with van der Waals surface area (Å²) in [6.07, 6.45) is 16.7. The number of hydrogen-bond donors (Lipinski definition) is 0. The second-order valence-electron chi connectivity index (χ2n) is 10.0. The van der Waals surface area contributed by atoms with Crippen LogP contribution in [0.15, 0.2) is 54.7 Å². The maximum atomic E-state index is 3.96. The number of rotatable bonds is 10. The minimum atomic E-state index is -0.0191. The highest BCUT2D eigenvalue weighted by Gasteiger charge is 2.22. The van der Waals surface area contributed by atoms with E-state index in [1.165, 1.54) is 63.4 Å². The molecular formula is C31H50. The number of benzene rings is 1. The Morgan fingerprint density at radius 3 is 2.16 bits per heavy atom. The molecule has 0 amide bonds. The third-order valence-electron chi connectivity index (χ3n) is 7.47. The molecule has 1 unspecified atom stereocenters. The molecule has 0 heteroatoms. The third kappa shape index (κ3) is 8.47. The largest absolute Gasteiger partial charge is 0.0990 e. The van der Waals surface area contributed by atoms with Gasteiger partial charge in [-0.15, -0.1) is 0 Å². The molecule has 0 nitrogen and oxygen atoms in total.